The maximum absolute atomic E-state index is 13.2. The minimum Gasteiger partial charge on any atom is -0.480 e. The zero-order valence-electron chi connectivity index (χ0n) is 15.6. The van der Waals surface area contributed by atoms with Crippen LogP contribution in [0.5, 0.6) is 0 Å². The van der Waals surface area contributed by atoms with Gasteiger partial charge in [-0.2, -0.15) is 0 Å². The number of hydrogen-bond donors (Lipinski definition) is 2. The second kappa shape index (κ2) is 5.42. The summed E-state index contributed by atoms with van der Waals surface area (Å²) in [6.07, 6.45) is 0. The number of carbonyl (C=O) groups excluding carboxylic acids is 2. The molecular weight excluding hydrogens is 348 g/mol. The number of carboxylic acids is 1. The van der Waals surface area contributed by atoms with E-state index in [-0.39, 0.29) is 5.91 Å². The van der Waals surface area contributed by atoms with Crippen molar-refractivity contribution in [3.8, 4) is 0 Å². The van der Waals surface area contributed by atoms with E-state index >= 15 is 0 Å². The average Bonchev–Trinajstić information content (AvgIpc) is 3.19. The number of nitrogens with zero attached hydrogens (tertiary/aromatic N) is 1. The Morgan fingerprint density at radius 1 is 1.22 bits per heavy atom. The zero-order chi connectivity index (χ0) is 19.7. The van der Waals surface area contributed by atoms with Crippen LogP contribution in [-0.2, 0) is 14.4 Å². The van der Waals surface area contributed by atoms with Crippen molar-refractivity contribution in [1.82, 2.24) is 10.2 Å². The molecular formula is C20H22N2O5. The van der Waals surface area contributed by atoms with Gasteiger partial charge in [-0.3, -0.25) is 24.6 Å². The number of aliphatic carboxylic acids is 1. The molecule has 2 saturated heterocycles. The van der Waals surface area contributed by atoms with E-state index in [1.54, 1.807) is 26.8 Å². The van der Waals surface area contributed by atoms with E-state index in [9.17, 15) is 19.5 Å². The Balaban J connectivity index is 1.85. The number of carbonyl (C=O) groups is 3. The monoisotopic (exact) mass is 370 g/mol. The summed E-state index contributed by atoms with van der Waals surface area (Å²) in [6, 6.07) is 8.52. The largest absolute Gasteiger partial charge is 0.480 e. The van der Waals surface area contributed by atoms with Crippen molar-refractivity contribution in [1.29, 1.82) is 0 Å². The molecule has 2 aliphatic rings. The van der Waals surface area contributed by atoms with Gasteiger partial charge in [0.2, 0.25) is 11.8 Å². The van der Waals surface area contributed by atoms with Gasteiger partial charge in [0.15, 0.2) is 0 Å². The zero-order valence-corrected chi connectivity index (χ0v) is 15.6. The Bertz CT molecular complexity index is 939. The van der Waals surface area contributed by atoms with E-state index in [2.05, 4.69) is 5.32 Å². The number of benzene rings is 1. The van der Waals surface area contributed by atoms with Gasteiger partial charge in [0, 0.05) is 10.9 Å². The van der Waals surface area contributed by atoms with Crippen LogP contribution >= 0.6 is 0 Å². The fourth-order valence-electron chi connectivity index (χ4n) is 4.40. The lowest BCUT2D eigenvalue weighted by atomic mass is 9.81. The van der Waals surface area contributed by atoms with Gasteiger partial charge < -0.3 is 9.52 Å². The van der Waals surface area contributed by atoms with Gasteiger partial charge in [-0.15, -0.1) is 0 Å². The van der Waals surface area contributed by atoms with Crippen molar-refractivity contribution in [3.05, 3.63) is 36.1 Å². The molecule has 0 radical (unpaired) electrons. The molecule has 4 rings (SSSR count). The molecule has 2 aromatic rings. The lowest BCUT2D eigenvalue weighted by molar-refractivity contribution is -0.153. The molecule has 7 nitrogen and oxygen atoms in total. The summed E-state index contributed by atoms with van der Waals surface area (Å²) in [5.41, 5.74) is -1.63. The molecule has 2 aliphatic heterocycles. The molecule has 0 spiro atoms. The van der Waals surface area contributed by atoms with Crippen molar-refractivity contribution in [2.75, 3.05) is 0 Å². The number of nitrogens with one attached hydrogen (secondary N) is 1. The Morgan fingerprint density at radius 3 is 2.48 bits per heavy atom. The molecule has 2 amide bonds. The number of amides is 2. The molecule has 2 fully saturated rings. The van der Waals surface area contributed by atoms with Crippen LogP contribution in [0.4, 0.5) is 0 Å². The van der Waals surface area contributed by atoms with E-state index in [0.717, 1.165) is 5.39 Å². The van der Waals surface area contributed by atoms with Crippen LogP contribution in [0.3, 0.4) is 0 Å². The van der Waals surface area contributed by atoms with Crippen LogP contribution in [0.1, 0.15) is 39.5 Å². The Kier molecular flexibility index (Phi) is 3.56. The van der Waals surface area contributed by atoms with Crippen LogP contribution in [0, 0.1) is 11.8 Å². The van der Waals surface area contributed by atoms with E-state index in [4.69, 9.17) is 4.42 Å². The van der Waals surface area contributed by atoms with E-state index in [0.29, 0.717) is 11.3 Å². The third-order valence-electron chi connectivity index (χ3n) is 5.65. The molecule has 4 unspecified atom stereocenters. The van der Waals surface area contributed by atoms with E-state index in [1.807, 2.05) is 24.3 Å². The minimum absolute atomic E-state index is 0.361. The van der Waals surface area contributed by atoms with E-state index < -0.39 is 40.8 Å². The van der Waals surface area contributed by atoms with Gasteiger partial charge in [-0.1, -0.05) is 18.2 Å². The topological polar surface area (TPSA) is 99.8 Å². The van der Waals surface area contributed by atoms with Crippen molar-refractivity contribution in [3.63, 3.8) is 0 Å². The Hall–Kier alpha value is -2.67. The number of rotatable bonds is 2. The number of carboxylic acid groups (broad SMARTS) is 1. The molecule has 0 bridgehead atoms. The third kappa shape index (κ3) is 2.34. The van der Waals surface area contributed by atoms with Gasteiger partial charge in [0.05, 0.1) is 17.9 Å². The first kappa shape index (κ1) is 17.7. The molecule has 27 heavy (non-hydrogen) atoms. The van der Waals surface area contributed by atoms with Gasteiger partial charge in [-0.05, 0) is 39.8 Å². The van der Waals surface area contributed by atoms with Crippen molar-refractivity contribution < 1.29 is 23.9 Å². The van der Waals surface area contributed by atoms with Crippen molar-refractivity contribution in [2.24, 2.45) is 11.8 Å². The highest BCUT2D eigenvalue weighted by molar-refractivity contribution is 6.10. The minimum atomic E-state index is -1.55. The fraction of sp³-hybridized carbons (Fsp3) is 0.450. The summed E-state index contributed by atoms with van der Waals surface area (Å²) in [5.74, 6) is -3.31. The molecule has 142 valence electrons. The summed E-state index contributed by atoms with van der Waals surface area (Å²) >= 11 is 0. The number of hydrogen-bond acceptors (Lipinski definition) is 5. The van der Waals surface area contributed by atoms with Gasteiger partial charge in [-0.25, -0.2) is 0 Å². The Morgan fingerprint density at radius 2 is 1.89 bits per heavy atom. The molecule has 1 aromatic heterocycles. The summed E-state index contributed by atoms with van der Waals surface area (Å²) in [6.45, 7) is 6.77. The van der Waals surface area contributed by atoms with E-state index in [1.165, 1.54) is 11.8 Å². The molecule has 0 aliphatic carbocycles. The van der Waals surface area contributed by atoms with Gasteiger partial charge in [0.1, 0.15) is 16.9 Å². The maximum Gasteiger partial charge on any atom is 0.324 e. The van der Waals surface area contributed by atoms with Gasteiger partial charge in [0.25, 0.3) is 0 Å². The number of likely N-dealkylation sites (tertiary alicyclic amines) is 1. The molecule has 0 saturated carbocycles. The highest BCUT2D eigenvalue weighted by Crippen LogP contribution is 2.50. The van der Waals surface area contributed by atoms with Crippen molar-refractivity contribution in [2.45, 2.75) is 44.8 Å². The number of furan rings is 1. The molecule has 4 atom stereocenters. The highest BCUT2D eigenvalue weighted by Gasteiger charge is 2.68. The summed E-state index contributed by atoms with van der Waals surface area (Å²) in [4.78, 5) is 39.5. The third-order valence-corrected chi connectivity index (χ3v) is 5.65. The van der Waals surface area contributed by atoms with Crippen LogP contribution in [0.2, 0.25) is 0 Å². The summed E-state index contributed by atoms with van der Waals surface area (Å²) < 4.78 is 5.90. The second-order valence-corrected chi connectivity index (χ2v) is 8.50. The predicted octanol–water partition coefficient (Wildman–Crippen LogP) is 2.32. The number of imide groups is 1. The number of para-hydroxylation sites is 1. The first-order valence-electron chi connectivity index (χ1n) is 8.93. The van der Waals surface area contributed by atoms with Gasteiger partial charge >= 0.3 is 5.97 Å². The SMILES string of the molecule is CC1(C(=O)O)NC(c2cc3ccccc3o2)C2C(=O)N(C(C)(C)C)C(=O)C21. The van der Waals surface area contributed by atoms with Crippen molar-refractivity contribution >= 4 is 28.8 Å². The summed E-state index contributed by atoms with van der Waals surface area (Å²) in [5, 5.41) is 13.7. The normalized spacial score (nSPS) is 31.0. The quantitative estimate of drug-likeness (QED) is 0.787. The molecule has 3 heterocycles. The van der Waals surface area contributed by atoms with Crippen LogP contribution < -0.4 is 5.32 Å². The van der Waals surface area contributed by atoms with Crippen LogP contribution in [-0.4, -0.2) is 38.9 Å². The lowest BCUT2D eigenvalue weighted by Gasteiger charge is -2.33. The van der Waals surface area contributed by atoms with Crippen LogP contribution in [0.15, 0.2) is 34.7 Å². The molecule has 7 heteroatoms. The second-order valence-electron chi connectivity index (χ2n) is 8.50. The molecule has 2 N–H and O–H groups in total. The standard InChI is InChI=1S/C20H22N2O5/c1-19(2,3)22-16(23)13-14(17(22)24)20(4,18(25)26)21-15(13)12-9-10-7-5-6-8-11(10)27-12/h5-9,13-15,21H,1-4H3,(H,25,26). The first-order valence-corrected chi connectivity index (χ1v) is 8.93. The Labute approximate surface area is 156 Å². The number of fused-ring (bicyclic) bond motifs is 2. The fourth-order valence-corrected chi connectivity index (χ4v) is 4.40. The van der Waals surface area contributed by atoms with Crippen LogP contribution in [0.25, 0.3) is 11.0 Å². The smallest absolute Gasteiger partial charge is 0.324 e. The summed E-state index contributed by atoms with van der Waals surface area (Å²) in [7, 11) is 0. The predicted molar refractivity (Wildman–Crippen MR) is 96.7 cm³/mol. The lowest BCUT2D eigenvalue weighted by Crippen LogP contribution is -2.55. The average molecular weight is 370 g/mol. The maximum atomic E-state index is 13.2. The molecule has 1 aromatic carbocycles. The highest BCUT2D eigenvalue weighted by atomic mass is 16.4. The first-order chi connectivity index (χ1) is 12.6.